The topological polar surface area (TPSA) is 153 Å². The Hall–Kier alpha value is -4.60. The number of pyridine rings is 2. The molecule has 0 aliphatic heterocycles. The van der Waals surface area contributed by atoms with Crippen LogP contribution in [0, 0.1) is 5.21 Å². The van der Waals surface area contributed by atoms with Gasteiger partial charge in [0.2, 0.25) is 11.8 Å². The van der Waals surface area contributed by atoms with Gasteiger partial charge in [0.15, 0.2) is 12.4 Å². The van der Waals surface area contributed by atoms with E-state index >= 15 is 0 Å². The summed E-state index contributed by atoms with van der Waals surface area (Å²) in [4.78, 5) is 24.7. The number of hydrogen-bond donors (Lipinski definition) is 2. The summed E-state index contributed by atoms with van der Waals surface area (Å²) in [5.41, 5.74) is 1.47. The molecular formula is C20H14N4O6. The van der Waals surface area contributed by atoms with E-state index in [1.165, 1.54) is 30.6 Å². The molecular weight excluding hydrogens is 392 g/mol. The van der Waals surface area contributed by atoms with Crippen LogP contribution in [-0.4, -0.2) is 37.3 Å². The summed E-state index contributed by atoms with van der Waals surface area (Å²) in [7, 11) is 0. The highest BCUT2D eigenvalue weighted by Crippen LogP contribution is 2.22. The molecule has 1 aromatic carbocycles. The van der Waals surface area contributed by atoms with E-state index in [4.69, 9.17) is 14.6 Å². The lowest BCUT2D eigenvalue weighted by molar-refractivity contribution is -0.605. The number of carboxylic acid groups (broad SMARTS) is 2. The molecule has 4 aromatic rings. The molecule has 10 nitrogen and oxygen atoms in total. The monoisotopic (exact) mass is 406 g/mol. The van der Waals surface area contributed by atoms with E-state index in [9.17, 15) is 14.8 Å². The zero-order valence-electron chi connectivity index (χ0n) is 15.2. The van der Waals surface area contributed by atoms with Gasteiger partial charge in [0.05, 0.1) is 16.7 Å². The minimum absolute atomic E-state index is 0.0186. The van der Waals surface area contributed by atoms with Gasteiger partial charge in [-0.05, 0) is 30.3 Å². The third kappa shape index (κ3) is 5.01. The number of hydrogen-bond acceptors (Lipinski definition) is 7. The van der Waals surface area contributed by atoms with Gasteiger partial charge in [0.1, 0.15) is 0 Å². The summed E-state index contributed by atoms with van der Waals surface area (Å²) < 4.78 is 6.23. The van der Waals surface area contributed by atoms with Crippen LogP contribution in [0.5, 0.6) is 0 Å². The predicted octanol–water partition coefficient (Wildman–Crippen LogP) is 2.52. The zero-order chi connectivity index (χ0) is 21.5. The van der Waals surface area contributed by atoms with Gasteiger partial charge in [0, 0.05) is 30.1 Å². The highest BCUT2D eigenvalue weighted by molar-refractivity contribution is 5.93. The maximum atomic E-state index is 10.9. The maximum Gasteiger partial charge on any atom is 0.335 e. The Morgan fingerprint density at radius 1 is 0.833 bits per heavy atom. The molecule has 0 bridgehead atoms. The molecule has 0 saturated heterocycles. The van der Waals surface area contributed by atoms with Gasteiger partial charge in [-0.3, -0.25) is 4.98 Å². The van der Waals surface area contributed by atoms with Crippen LogP contribution in [0.4, 0.5) is 0 Å². The molecule has 0 radical (unpaired) electrons. The summed E-state index contributed by atoms with van der Waals surface area (Å²) in [5, 5.41) is 35.8. The van der Waals surface area contributed by atoms with Crippen LogP contribution in [-0.2, 0) is 0 Å². The van der Waals surface area contributed by atoms with Crippen molar-refractivity contribution < 1.29 is 28.9 Å². The Labute approximate surface area is 169 Å². The van der Waals surface area contributed by atoms with Crippen molar-refractivity contribution in [3.63, 3.8) is 0 Å². The Balaban J connectivity index is 0.000000187. The maximum absolute atomic E-state index is 10.9. The van der Waals surface area contributed by atoms with Gasteiger partial charge in [-0.15, -0.1) is 10.2 Å². The van der Waals surface area contributed by atoms with E-state index in [0.717, 1.165) is 11.6 Å². The number of carbonyl (C=O) groups is 2. The van der Waals surface area contributed by atoms with Crippen molar-refractivity contribution in [3.05, 3.63) is 89.7 Å². The van der Waals surface area contributed by atoms with Crippen molar-refractivity contribution in [1.29, 1.82) is 0 Å². The molecule has 2 N–H and O–H groups in total. The number of aromatic carboxylic acids is 2. The van der Waals surface area contributed by atoms with Gasteiger partial charge < -0.3 is 19.8 Å². The largest absolute Gasteiger partial charge is 0.619 e. The fraction of sp³-hybridized carbons (Fsp3) is 0. The lowest BCUT2D eigenvalue weighted by Crippen LogP contribution is -2.23. The van der Waals surface area contributed by atoms with Crippen LogP contribution in [0.1, 0.15) is 20.7 Å². The zero-order valence-corrected chi connectivity index (χ0v) is 15.2. The van der Waals surface area contributed by atoms with Gasteiger partial charge in [0.25, 0.3) is 0 Å². The normalized spacial score (nSPS) is 10.0. The Kier molecular flexibility index (Phi) is 6.08. The summed E-state index contributed by atoms with van der Waals surface area (Å²) in [6, 6.07) is 12.0. The van der Waals surface area contributed by atoms with E-state index in [-0.39, 0.29) is 11.1 Å². The van der Waals surface area contributed by atoms with E-state index in [1.54, 1.807) is 36.7 Å². The quantitative estimate of drug-likeness (QED) is 0.384. The SMILES string of the molecule is O=C(O)c1cccc(C(=O)O)c1.[O-][n+]1ccc(-c2nnc(-c3ccncc3)o2)cc1. The van der Waals surface area contributed by atoms with Gasteiger partial charge in [-0.1, -0.05) is 6.07 Å². The molecule has 0 fully saturated rings. The fourth-order valence-electron chi connectivity index (χ4n) is 2.29. The summed E-state index contributed by atoms with van der Waals surface area (Å²) in [6.07, 6.45) is 6.07. The first-order chi connectivity index (χ1) is 14.4. The third-order valence-corrected chi connectivity index (χ3v) is 3.76. The average Bonchev–Trinajstić information content (AvgIpc) is 3.26. The molecule has 0 atom stereocenters. The first-order valence-electron chi connectivity index (χ1n) is 8.44. The minimum Gasteiger partial charge on any atom is -0.619 e. The molecule has 0 amide bonds. The number of nitrogens with zero attached hydrogens (tertiary/aromatic N) is 4. The molecule has 4 rings (SSSR count). The van der Waals surface area contributed by atoms with E-state index in [2.05, 4.69) is 15.2 Å². The van der Waals surface area contributed by atoms with Crippen molar-refractivity contribution >= 4 is 11.9 Å². The van der Waals surface area contributed by atoms with Crippen molar-refractivity contribution in [3.8, 4) is 22.9 Å². The minimum atomic E-state index is -1.13. The number of benzene rings is 1. The fourth-order valence-corrected chi connectivity index (χ4v) is 2.29. The Morgan fingerprint density at radius 2 is 1.33 bits per heavy atom. The van der Waals surface area contributed by atoms with Crippen LogP contribution < -0.4 is 4.73 Å². The van der Waals surface area contributed by atoms with Gasteiger partial charge in [-0.25, -0.2) is 9.59 Å². The first-order valence-corrected chi connectivity index (χ1v) is 8.44. The van der Waals surface area contributed by atoms with Crippen LogP contribution in [0.2, 0.25) is 0 Å². The molecule has 0 spiro atoms. The summed E-state index contributed by atoms with van der Waals surface area (Å²) in [5.74, 6) is -1.45. The average molecular weight is 406 g/mol. The lowest BCUT2D eigenvalue weighted by Gasteiger charge is -1.95. The summed E-state index contributed by atoms with van der Waals surface area (Å²) >= 11 is 0. The Morgan fingerprint density at radius 3 is 1.83 bits per heavy atom. The summed E-state index contributed by atoms with van der Waals surface area (Å²) in [6.45, 7) is 0. The molecule has 0 unspecified atom stereocenters. The first kappa shape index (κ1) is 20.1. The van der Waals surface area contributed by atoms with E-state index < -0.39 is 11.9 Å². The van der Waals surface area contributed by atoms with Crippen molar-refractivity contribution in [1.82, 2.24) is 15.2 Å². The molecule has 3 aromatic heterocycles. The van der Waals surface area contributed by atoms with Gasteiger partial charge >= 0.3 is 11.9 Å². The van der Waals surface area contributed by atoms with Crippen LogP contribution in [0.15, 0.2) is 77.7 Å². The van der Waals surface area contributed by atoms with Crippen molar-refractivity contribution in [2.75, 3.05) is 0 Å². The molecule has 0 aliphatic carbocycles. The second-order valence-electron chi connectivity index (χ2n) is 5.79. The van der Waals surface area contributed by atoms with Crippen molar-refractivity contribution in [2.24, 2.45) is 0 Å². The van der Waals surface area contributed by atoms with E-state index in [0.29, 0.717) is 22.1 Å². The predicted molar refractivity (Wildman–Crippen MR) is 102 cm³/mol. The van der Waals surface area contributed by atoms with E-state index in [1.807, 2.05) is 0 Å². The Bertz CT molecular complexity index is 1130. The standard InChI is InChI=1S/C12H8N4O2.C8H6O4/c17-16-7-3-10(4-8-16)12-15-14-11(18-12)9-1-5-13-6-2-9;9-7(10)5-2-1-3-6(4-5)8(11)12/h1-8H;1-4H,(H,9,10)(H,11,12). The molecule has 10 heteroatoms. The molecule has 150 valence electrons. The number of rotatable bonds is 4. The highest BCUT2D eigenvalue weighted by atomic mass is 16.5. The smallest absolute Gasteiger partial charge is 0.335 e. The number of aromatic nitrogens is 4. The van der Waals surface area contributed by atoms with Crippen molar-refractivity contribution in [2.45, 2.75) is 0 Å². The lowest BCUT2D eigenvalue weighted by atomic mass is 10.1. The van der Waals surface area contributed by atoms with Gasteiger partial charge in [-0.2, -0.15) is 4.73 Å². The number of carboxylic acids is 2. The second-order valence-corrected chi connectivity index (χ2v) is 5.79. The van der Waals surface area contributed by atoms with Crippen LogP contribution >= 0.6 is 0 Å². The second kappa shape index (κ2) is 9.06. The molecule has 0 aliphatic rings. The molecule has 0 saturated carbocycles. The van der Waals surface area contributed by atoms with Crippen LogP contribution in [0.3, 0.4) is 0 Å². The van der Waals surface area contributed by atoms with Crippen LogP contribution in [0.25, 0.3) is 22.9 Å². The third-order valence-electron chi connectivity index (χ3n) is 3.76. The molecule has 30 heavy (non-hydrogen) atoms. The molecule has 3 heterocycles. The highest BCUT2D eigenvalue weighted by Gasteiger charge is 2.10.